The molecule has 0 saturated carbocycles. The standard InChI is InChI=1S/C16H32O2/c1-10-12(2)18-13(17)16(9,15(6,7)8)11-14(3,4)5/h12H,10-11H2,1-9H3. The van der Waals surface area contributed by atoms with Crippen molar-refractivity contribution in [2.45, 2.75) is 81.3 Å². The fourth-order valence-electron chi connectivity index (χ4n) is 2.10. The van der Waals surface area contributed by atoms with E-state index in [1.165, 1.54) is 0 Å². The highest BCUT2D eigenvalue weighted by Crippen LogP contribution is 2.47. The fraction of sp³-hybridized carbons (Fsp3) is 0.938. The second-order valence-corrected chi connectivity index (χ2v) is 7.94. The summed E-state index contributed by atoms with van der Waals surface area (Å²) in [7, 11) is 0. The molecule has 108 valence electrons. The molecular formula is C16H32O2. The predicted octanol–water partition coefficient (Wildman–Crippen LogP) is 4.82. The Morgan fingerprint density at radius 1 is 1.06 bits per heavy atom. The zero-order valence-corrected chi connectivity index (χ0v) is 13.8. The maximum Gasteiger partial charge on any atom is 0.312 e. The minimum atomic E-state index is -0.450. The summed E-state index contributed by atoms with van der Waals surface area (Å²) in [5, 5.41) is 0. The van der Waals surface area contributed by atoms with Gasteiger partial charge in [-0.25, -0.2) is 0 Å². The molecule has 18 heavy (non-hydrogen) atoms. The van der Waals surface area contributed by atoms with Gasteiger partial charge in [0, 0.05) is 0 Å². The molecule has 0 aliphatic carbocycles. The monoisotopic (exact) mass is 256 g/mol. The minimum Gasteiger partial charge on any atom is -0.462 e. The molecule has 0 N–H and O–H groups in total. The van der Waals surface area contributed by atoms with Gasteiger partial charge < -0.3 is 4.74 Å². The lowest BCUT2D eigenvalue weighted by Gasteiger charge is -2.43. The van der Waals surface area contributed by atoms with Gasteiger partial charge in [-0.2, -0.15) is 0 Å². The van der Waals surface area contributed by atoms with Gasteiger partial charge in [-0.15, -0.1) is 0 Å². The molecular weight excluding hydrogens is 224 g/mol. The topological polar surface area (TPSA) is 26.3 Å². The number of hydrogen-bond donors (Lipinski definition) is 0. The van der Waals surface area contributed by atoms with Crippen LogP contribution in [0.1, 0.15) is 75.2 Å². The van der Waals surface area contributed by atoms with Gasteiger partial charge in [-0.1, -0.05) is 48.5 Å². The molecule has 0 aliphatic rings. The van der Waals surface area contributed by atoms with Crippen LogP contribution in [0.15, 0.2) is 0 Å². The highest BCUT2D eigenvalue weighted by atomic mass is 16.5. The third-order valence-electron chi connectivity index (χ3n) is 3.87. The normalized spacial score (nSPS) is 18.1. The summed E-state index contributed by atoms with van der Waals surface area (Å²) in [5.41, 5.74) is -0.448. The van der Waals surface area contributed by atoms with Crippen molar-refractivity contribution in [3.8, 4) is 0 Å². The Labute approximate surface area is 113 Å². The Hall–Kier alpha value is -0.530. The Kier molecular flexibility index (Phi) is 5.46. The molecule has 0 saturated heterocycles. The summed E-state index contributed by atoms with van der Waals surface area (Å²) < 4.78 is 5.60. The molecule has 0 aromatic carbocycles. The van der Waals surface area contributed by atoms with Gasteiger partial charge in [0.1, 0.15) is 0 Å². The lowest BCUT2D eigenvalue weighted by atomic mass is 9.61. The predicted molar refractivity (Wildman–Crippen MR) is 77.5 cm³/mol. The minimum absolute atomic E-state index is 0.000793. The first kappa shape index (κ1) is 17.5. The first-order valence-electron chi connectivity index (χ1n) is 7.04. The Bertz CT molecular complexity index is 280. The molecule has 0 aromatic heterocycles. The van der Waals surface area contributed by atoms with Crippen LogP contribution < -0.4 is 0 Å². The molecule has 0 radical (unpaired) electrons. The van der Waals surface area contributed by atoms with Crippen LogP contribution in [0.2, 0.25) is 0 Å². The third kappa shape index (κ3) is 4.62. The van der Waals surface area contributed by atoms with E-state index in [-0.39, 0.29) is 22.9 Å². The maximum absolute atomic E-state index is 12.5. The van der Waals surface area contributed by atoms with Crippen LogP contribution in [0.3, 0.4) is 0 Å². The van der Waals surface area contributed by atoms with Crippen LogP contribution in [0.4, 0.5) is 0 Å². The second-order valence-electron chi connectivity index (χ2n) is 7.94. The van der Waals surface area contributed by atoms with Crippen LogP contribution in [-0.4, -0.2) is 12.1 Å². The zero-order valence-electron chi connectivity index (χ0n) is 13.8. The van der Waals surface area contributed by atoms with Crippen LogP contribution in [0.5, 0.6) is 0 Å². The van der Waals surface area contributed by atoms with Gasteiger partial charge in [0.15, 0.2) is 0 Å². The Morgan fingerprint density at radius 2 is 1.50 bits per heavy atom. The van der Waals surface area contributed by atoms with Crippen LogP contribution >= 0.6 is 0 Å². The molecule has 2 atom stereocenters. The largest absolute Gasteiger partial charge is 0.462 e. The van der Waals surface area contributed by atoms with Crippen molar-refractivity contribution in [1.82, 2.24) is 0 Å². The molecule has 0 heterocycles. The number of rotatable bonds is 4. The first-order valence-corrected chi connectivity index (χ1v) is 7.04. The van der Waals surface area contributed by atoms with E-state index in [1.54, 1.807) is 0 Å². The molecule has 0 aliphatic heterocycles. The summed E-state index contributed by atoms with van der Waals surface area (Å²) in [6.45, 7) is 18.9. The molecule has 0 rings (SSSR count). The van der Waals surface area contributed by atoms with E-state index in [2.05, 4.69) is 41.5 Å². The van der Waals surface area contributed by atoms with Crippen molar-refractivity contribution in [2.24, 2.45) is 16.2 Å². The van der Waals surface area contributed by atoms with Gasteiger partial charge >= 0.3 is 5.97 Å². The van der Waals surface area contributed by atoms with E-state index < -0.39 is 5.41 Å². The fourth-order valence-corrected chi connectivity index (χ4v) is 2.10. The summed E-state index contributed by atoms with van der Waals surface area (Å²) in [6.07, 6.45) is 1.69. The molecule has 2 heteroatoms. The summed E-state index contributed by atoms with van der Waals surface area (Å²) in [6, 6.07) is 0. The van der Waals surface area contributed by atoms with Crippen molar-refractivity contribution in [1.29, 1.82) is 0 Å². The van der Waals surface area contributed by atoms with E-state index >= 15 is 0 Å². The highest BCUT2D eigenvalue weighted by molar-refractivity contribution is 5.77. The number of hydrogen-bond acceptors (Lipinski definition) is 2. The molecule has 2 unspecified atom stereocenters. The average molecular weight is 256 g/mol. The molecule has 0 bridgehead atoms. The van der Waals surface area contributed by atoms with Gasteiger partial charge in [0.2, 0.25) is 0 Å². The molecule has 2 nitrogen and oxygen atoms in total. The molecule has 0 spiro atoms. The van der Waals surface area contributed by atoms with E-state index in [4.69, 9.17) is 4.74 Å². The maximum atomic E-state index is 12.5. The van der Waals surface area contributed by atoms with Gasteiger partial charge in [0.25, 0.3) is 0 Å². The highest BCUT2D eigenvalue weighted by Gasteiger charge is 2.47. The summed E-state index contributed by atoms with van der Waals surface area (Å²) in [4.78, 5) is 12.5. The van der Waals surface area contributed by atoms with E-state index in [0.29, 0.717) is 0 Å². The molecule has 0 amide bonds. The van der Waals surface area contributed by atoms with Crippen LogP contribution in [-0.2, 0) is 9.53 Å². The van der Waals surface area contributed by atoms with Gasteiger partial charge in [-0.05, 0) is 37.5 Å². The van der Waals surface area contributed by atoms with Crippen molar-refractivity contribution in [2.75, 3.05) is 0 Å². The third-order valence-corrected chi connectivity index (χ3v) is 3.87. The van der Waals surface area contributed by atoms with Gasteiger partial charge in [-0.3, -0.25) is 4.79 Å². The van der Waals surface area contributed by atoms with Crippen molar-refractivity contribution in [3.05, 3.63) is 0 Å². The Balaban J connectivity index is 5.18. The van der Waals surface area contributed by atoms with Crippen molar-refractivity contribution >= 4 is 5.97 Å². The first-order chi connectivity index (χ1) is 7.83. The number of carbonyl (C=O) groups is 1. The van der Waals surface area contributed by atoms with Crippen LogP contribution in [0.25, 0.3) is 0 Å². The van der Waals surface area contributed by atoms with Crippen molar-refractivity contribution < 1.29 is 9.53 Å². The summed E-state index contributed by atoms with van der Waals surface area (Å²) in [5.74, 6) is -0.0562. The quantitative estimate of drug-likeness (QED) is 0.674. The zero-order chi connectivity index (χ0) is 14.8. The Morgan fingerprint density at radius 3 is 1.78 bits per heavy atom. The number of ether oxygens (including phenoxy) is 1. The SMILES string of the molecule is CCC(C)OC(=O)C(C)(CC(C)(C)C)C(C)(C)C. The van der Waals surface area contributed by atoms with Gasteiger partial charge in [0.05, 0.1) is 11.5 Å². The van der Waals surface area contributed by atoms with E-state index in [0.717, 1.165) is 12.8 Å². The van der Waals surface area contributed by atoms with Crippen LogP contribution in [0, 0.1) is 16.2 Å². The molecule has 0 fully saturated rings. The van der Waals surface area contributed by atoms with E-state index in [1.807, 2.05) is 20.8 Å². The second kappa shape index (κ2) is 5.63. The number of carbonyl (C=O) groups excluding carboxylic acids is 1. The smallest absolute Gasteiger partial charge is 0.312 e. The summed E-state index contributed by atoms with van der Waals surface area (Å²) >= 11 is 0. The lowest BCUT2D eigenvalue weighted by Crippen LogP contribution is -2.45. The molecule has 0 aromatic rings. The average Bonchev–Trinajstić information content (AvgIpc) is 2.12. The van der Waals surface area contributed by atoms with E-state index in [9.17, 15) is 4.79 Å². The lowest BCUT2D eigenvalue weighted by molar-refractivity contribution is -0.169. The van der Waals surface area contributed by atoms with Crippen molar-refractivity contribution in [3.63, 3.8) is 0 Å². The number of esters is 1.